The second kappa shape index (κ2) is 7.51. The summed E-state index contributed by atoms with van der Waals surface area (Å²) in [6.07, 6.45) is 7.90. The molecule has 0 spiro atoms. The average Bonchev–Trinajstić information content (AvgIpc) is 3.10. The summed E-state index contributed by atoms with van der Waals surface area (Å²) in [5, 5.41) is 0. The van der Waals surface area contributed by atoms with Gasteiger partial charge < -0.3 is 14.2 Å². The fraction of sp³-hybridized carbons (Fsp3) is 0.474. The monoisotopic (exact) mass is 327 g/mol. The van der Waals surface area contributed by atoms with Gasteiger partial charge in [-0.15, -0.1) is 0 Å². The van der Waals surface area contributed by atoms with Crippen molar-refractivity contribution in [1.29, 1.82) is 0 Å². The SMILES string of the molecule is Cc1cccc(OC2CCN(C(=O)C[C@H](C)n3ccnc3)CC2)c1. The Bertz CT molecular complexity index is 661. The highest BCUT2D eigenvalue weighted by Gasteiger charge is 2.25. The van der Waals surface area contributed by atoms with Crippen molar-refractivity contribution in [3.05, 3.63) is 48.5 Å². The van der Waals surface area contributed by atoms with Crippen LogP contribution >= 0.6 is 0 Å². The van der Waals surface area contributed by atoms with Crippen molar-refractivity contribution < 1.29 is 9.53 Å². The van der Waals surface area contributed by atoms with Crippen LogP contribution in [0, 0.1) is 6.92 Å². The number of benzene rings is 1. The Morgan fingerprint density at radius 3 is 2.83 bits per heavy atom. The first-order chi connectivity index (χ1) is 11.6. The predicted octanol–water partition coefficient (Wildman–Crippen LogP) is 3.21. The molecule has 3 rings (SSSR count). The van der Waals surface area contributed by atoms with Crippen molar-refractivity contribution >= 4 is 5.91 Å². The summed E-state index contributed by atoms with van der Waals surface area (Å²) in [7, 11) is 0. The van der Waals surface area contributed by atoms with Gasteiger partial charge in [0.15, 0.2) is 0 Å². The lowest BCUT2D eigenvalue weighted by Crippen LogP contribution is -2.42. The van der Waals surface area contributed by atoms with Crippen LogP contribution in [0.2, 0.25) is 0 Å². The lowest BCUT2D eigenvalue weighted by molar-refractivity contribution is -0.133. The largest absolute Gasteiger partial charge is 0.490 e. The topological polar surface area (TPSA) is 47.4 Å². The summed E-state index contributed by atoms with van der Waals surface area (Å²) in [6.45, 7) is 5.65. The zero-order valence-electron chi connectivity index (χ0n) is 14.4. The number of hydrogen-bond acceptors (Lipinski definition) is 3. The second-order valence-corrected chi connectivity index (χ2v) is 6.58. The summed E-state index contributed by atoms with van der Waals surface area (Å²) in [4.78, 5) is 18.5. The van der Waals surface area contributed by atoms with Crippen molar-refractivity contribution in [3.63, 3.8) is 0 Å². The first-order valence-electron chi connectivity index (χ1n) is 8.60. The van der Waals surface area contributed by atoms with Gasteiger partial charge in [0.2, 0.25) is 5.91 Å². The van der Waals surface area contributed by atoms with E-state index in [1.807, 2.05) is 34.7 Å². The molecule has 1 aromatic heterocycles. The molecule has 5 nitrogen and oxygen atoms in total. The lowest BCUT2D eigenvalue weighted by Gasteiger charge is -2.33. The number of aryl methyl sites for hydroxylation is 1. The van der Waals surface area contributed by atoms with Crippen LogP contribution in [0.3, 0.4) is 0 Å². The predicted molar refractivity (Wildman–Crippen MR) is 93.0 cm³/mol. The highest BCUT2D eigenvalue weighted by Crippen LogP contribution is 2.21. The number of amides is 1. The van der Waals surface area contributed by atoms with Gasteiger partial charge in [-0.1, -0.05) is 12.1 Å². The van der Waals surface area contributed by atoms with E-state index in [9.17, 15) is 4.79 Å². The van der Waals surface area contributed by atoms with Gasteiger partial charge in [-0.05, 0) is 31.5 Å². The molecule has 1 atom stereocenters. The minimum absolute atomic E-state index is 0.140. The van der Waals surface area contributed by atoms with E-state index in [1.54, 1.807) is 12.5 Å². The molecule has 0 saturated carbocycles. The Labute approximate surface area is 143 Å². The highest BCUT2D eigenvalue weighted by molar-refractivity contribution is 5.76. The first-order valence-corrected chi connectivity index (χ1v) is 8.60. The molecule has 5 heteroatoms. The number of rotatable bonds is 5. The molecule has 0 N–H and O–H groups in total. The highest BCUT2D eigenvalue weighted by atomic mass is 16.5. The number of carbonyl (C=O) groups is 1. The van der Waals surface area contributed by atoms with Crippen molar-refractivity contribution in [2.75, 3.05) is 13.1 Å². The third kappa shape index (κ3) is 4.16. The van der Waals surface area contributed by atoms with Crippen molar-refractivity contribution in [3.8, 4) is 5.75 Å². The third-order valence-corrected chi connectivity index (χ3v) is 4.59. The van der Waals surface area contributed by atoms with Crippen LogP contribution in [0.25, 0.3) is 0 Å². The lowest BCUT2D eigenvalue weighted by atomic mass is 10.1. The fourth-order valence-electron chi connectivity index (χ4n) is 3.12. The summed E-state index contributed by atoms with van der Waals surface area (Å²) in [6, 6.07) is 8.28. The number of carbonyl (C=O) groups excluding carboxylic acids is 1. The quantitative estimate of drug-likeness (QED) is 0.847. The maximum atomic E-state index is 12.5. The number of nitrogens with zero attached hydrogens (tertiary/aromatic N) is 3. The smallest absolute Gasteiger partial charge is 0.224 e. The summed E-state index contributed by atoms with van der Waals surface area (Å²) < 4.78 is 8.03. The number of aromatic nitrogens is 2. The van der Waals surface area contributed by atoms with Crippen LogP contribution in [-0.2, 0) is 4.79 Å². The molecule has 2 aromatic rings. The van der Waals surface area contributed by atoms with Crippen LogP contribution in [0.1, 0.15) is 37.8 Å². The molecule has 1 amide bonds. The van der Waals surface area contributed by atoms with Gasteiger partial charge in [-0.25, -0.2) is 4.98 Å². The number of hydrogen-bond donors (Lipinski definition) is 0. The van der Waals surface area contributed by atoms with E-state index in [4.69, 9.17) is 4.74 Å². The molecule has 0 aliphatic carbocycles. The first kappa shape index (κ1) is 16.6. The Morgan fingerprint density at radius 2 is 2.17 bits per heavy atom. The molecule has 24 heavy (non-hydrogen) atoms. The van der Waals surface area contributed by atoms with E-state index in [1.165, 1.54) is 5.56 Å². The van der Waals surface area contributed by atoms with Crippen LogP contribution in [0.5, 0.6) is 5.75 Å². The van der Waals surface area contributed by atoms with Crippen molar-refractivity contribution in [2.24, 2.45) is 0 Å². The minimum Gasteiger partial charge on any atom is -0.490 e. The van der Waals surface area contributed by atoms with Gasteiger partial charge in [0.05, 0.1) is 6.33 Å². The number of piperidine rings is 1. The molecule has 1 aromatic carbocycles. The molecule has 0 bridgehead atoms. The zero-order chi connectivity index (χ0) is 16.9. The zero-order valence-corrected chi connectivity index (χ0v) is 14.4. The molecule has 128 valence electrons. The van der Waals surface area contributed by atoms with E-state index < -0.39 is 0 Å². The molecule has 0 radical (unpaired) electrons. The number of imidazole rings is 1. The Hall–Kier alpha value is -2.30. The van der Waals surface area contributed by atoms with Gasteiger partial charge in [-0.3, -0.25) is 4.79 Å². The molecule has 1 aliphatic heterocycles. The van der Waals surface area contributed by atoms with Crippen LogP contribution in [-0.4, -0.2) is 39.6 Å². The van der Waals surface area contributed by atoms with E-state index >= 15 is 0 Å². The van der Waals surface area contributed by atoms with E-state index in [0.717, 1.165) is 31.7 Å². The second-order valence-electron chi connectivity index (χ2n) is 6.58. The Balaban J connectivity index is 1.47. The van der Waals surface area contributed by atoms with Crippen LogP contribution in [0.15, 0.2) is 43.0 Å². The maximum absolute atomic E-state index is 12.5. The minimum atomic E-state index is 0.140. The summed E-state index contributed by atoms with van der Waals surface area (Å²) in [5.74, 6) is 1.14. The Morgan fingerprint density at radius 1 is 1.38 bits per heavy atom. The van der Waals surface area contributed by atoms with Crippen LogP contribution in [0.4, 0.5) is 0 Å². The molecular formula is C19H25N3O2. The van der Waals surface area contributed by atoms with Crippen molar-refractivity contribution in [1.82, 2.24) is 14.5 Å². The number of likely N-dealkylation sites (tertiary alicyclic amines) is 1. The molecule has 1 fully saturated rings. The average molecular weight is 327 g/mol. The van der Waals surface area contributed by atoms with Gasteiger partial charge in [0.25, 0.3) is 0 Å². The standard InChI is InChI=1S/C19H25N3O2/c1-15-4-3-5-18(12-15)24-17-6-9-21(10-7-17)19(23)13-16(2)22-11-8-20-14-22/h3-5,8,11-12,14,16-17H,6-7,9-10,13H2,1-2H3/t16-/m0/s1. The summed E-state index contributed by atoms with van der Waals surface area (Å²) in [5.41, 5.74) is 1.20. The van der Waals surface area contributed by atoms with Gasteiger partial charge in [0, 0.05) is 50.8 Å². The number of ether oxygens (including phenoxy) is 1. The van der Waals surface area contributed by atoms with Gasteiger partial charge >= 0.3 is 0 Å². The molecule has 1 saturated heterocycles. The van der Waals surface area contributed by atoms with Crippen LogP contribution < -0.4 is 4.74 Å². The van der Waals surface area contributed by atoms with E-state index in [-0.39, 0.29) is 18.1 Å². The van der Waals surface area contributed by atoms with E-state index in [2.05, 4.69) is 24.0 Å². The maximum Gasteiger partial charge on any atom is 0.224 e. The van der Waals surface area contributed by atoms with Gasteiger partial charge in [-0.2, -0.15) is 0 Å². The molecule has 1 aliphatic rings. The van der Waals surface area contributed by atoms with Gasteiger partial charge in [0.1, 0.15) is 11.9 Å². The Kier molecular flexibility index (Phi) is 5.18. The third-order valence-electron chi connectivity index (χ3n) is 4.59. The molecule has 2 heterocycles. The molecular weight excluding hydrogens is 302 g/mol. The normalized spacial score (nSPS) is 16.8. The summed E-state index contributed by atoms with van der Waals surface area (Å²) >= 11 is 0. The fourth-order valence-corrected chi connectivity index (χ4v) is 3.12. The molecule has 0 unspecified atom stereocenters. The van der Waals surface area contributed by atoms with E-state index in [0.29, 0.717) is 6.42 Å². The van der Waals surface area contributed by atoms with Crippen molar-refractivity contribution in [2.45, 2.75) is 45.3 Å².